The van der Waals surface area contributed by atoms with Gasteiger partial charge in [0.05, 0.1) is 11.7 Å². The summed E-state index contributed by atoms with van der Waals surface area (Å²) >= 11 is 0. The molecule has 5 heteroatoms. The minimum Gasteiger partial charge on any atom is -0.405 e. The van der Waals surface area contributed by atoms with E-state index in [0.717, 1.165) is 12.3 Å². The van der Waals surface area contributed by atoms with Gasteiger partial charge in [0.2, 0.25) is 0 Å². The molecule has 2 N–H and O–H groups in total. The number of halogens is 1. The summed E-state index contributed by atoms with van der Waals surface area (Å²) in [6.07, 6.45) is 3.21. The van der Waals surface area contributed by atoms with Crippen molar-refractivity contribution in [3.8, 4) is 0 Å². The van der Waals surface area contributed by atoms with E-state index in [-0.39, 0.29) is 31.2 Å². The van der Waals surface area contributed by atoms with E-state index in [0.29, 0.717) is 17.8 Å². The maximum Gasteiger partial charge on any atom is 0.472 e. The molecule has 3 aliphatic carbocycles. The lowest BCUT2D eigenvalue weighted by Crippen LogP contribution is -2.65. The second-order valence-corrected chi connectivity index (χ2v) is 6.13. The lowest BCUT2D eigenvalue weighted by atomic mass is 9.43. The van der Waals surface area contributed by atoms with Crippen LogP contribution in [-0.2, 0) is 9.31 Å². The summed E-state index contributed by atoms with van der Waals surface area (Å²) in [5.41, 5.74) is 5.97. The van der Waals surface area contributed by atoms with Crippen LogP contribution in [0.1, 0.15) is 33.6 Å². The zero-order chi connectivity index (χ0) is 10.8. The Hall–Kier alpha value is 0.235. The molecule has 2 bridgehead atoms. The minimum absolute atomic E-state index is 0. The topological polar surface area (TPSA) is 44.5 Å². The average Bonchev–Trinajstić information content (AvgIpc) is 2.53. The van der Waals surface area contributed by atoms with Gasteiger partial charge in [-0.05, 0) is 37.0 Å². The largest absolute Gasteiger partial charge is 0.472 e. The van der Waals surface area contributed by atoms with Crippen molar-refractivity contribution in [2.24, 2.45) is 23.0 Å². The molecule has 1 saturated heterocycles. The van der Waals surface area contributed by atoms with E-state index >= 15 is 0 Å². The van der Waals surface area contributed by atoms with Crippen LogP contribution in [0.5, 0.6) is 0 Å². The van der Waals surface area contributed by atoms with E-state index in [4.69, 9.17) is 15.0 Å². The van der Waals surface area contributed by atoms with Gasteiger partial charge < -0.3 is 15.0 Å². The Balaban J connectivity index is 0.000000963. The molecule has 4 atom stereocenters. The van der Waals surface area contributed by atoms with E-state index in [1.54, 1.807) is 0 Å². The maximum absolute atomic E-state index is 6.04. The highest BCUT2D eigenvalue weighted by molar-refractivity contribution is 6.45. The maximum atomic E-state index is 6.04. The third-order valence-electron chi connectivity index (χ3n) is 5.19. The lowest BCUT2D eigenvalue weighted by molar-refractivity contribution is -0.199. The second-order valence-electron chi connectivity index (χ2n) is 6.13. The zero-order valence-corrected chi connectivity index (χ0v) is 11.0. The predicted molar refractivity (Wildman–Crippen MR) is 66.4 cm³/mol. The lowest BCUT2D eigenvalue weighted by Gasteiger charge is -2.64. The molecule has 4 fully saturated rings. The highest BCUT2D eigenvalue weighted by atomic mass is 35.5. The van der Waals surface area contributed by atoms with E-state index in [2.05, 4.69) is 20.8 Å². The van der Waals surface area contributed by atoms with Crippen LogP contribution in [0.25, 0.3) is 0 Å². The Bertz CT molecular complexity index is 302. The minimum atomic E-state index is -0.171. The van der Waals surface area contributed by atoms with Gasteiger partial charge in [-0.3, -0.25) is 0 Å². The van der Waals surface area contributed by atoms with Gasteiger partial charge in [-0.1, -0.05) is 13.8 Å². The molecular weight excluding hydrogens is 224 g/mol. The van der Waals surface area contributed by atoms with E-state index in [1.165, 1.54) is 6.42 Å². The Kier molecular flexibility index (Phi) is 2.86. The van der Waals surface area contributed by atoms with E-state index in [1.807, 2.05) is 0 Å². The van der Waals surface area contributed by atoms with Gasteiger partial charge in [0.15, 0.2) is 0 Å². The SMILES string of the molecule is CC1(C)C2CC3OB(CN)OC3(C)C1C2.Cl. The normalized spacial score (nSPS) is 48.0. The monoisotopic (exact) mass is 245 g/mol. The van der Waals surface area contributed by atoms with E-state index in [9.17, 15) is 0 Å². The summed E-state index contributed by atoms with van der Waals surface area (Å²) in [5.74, 6) is 1.46. The zero-order valence-electron chi connectivity index (χ0n) is 10.2. The van der Waals surface area contributed by atoms with Crippen LogP contribution in [0.4, 0.5) is 0 Å². The van der Waals surface area contributed by atoms with Crippen LogP contribution in [-0.4, -0.2) is 25.3 Å². The molecule has 1 heterocycles. The molecule has 4 aliphatic rings. The molecule has 4 rings (SSSR count). The quantitative estimate of drug-likeness (QED) is 0.714. The van der Waals surface area contributed by atoms with Crippen LogP contribution < -0.4 is 5.73 Å². The van der Waals surface area contributed by atoms with Crippen LogP contribution >= 0.6 is 12.4 Å². The van der Waals surface area contributed by atoms with Crippen LogP contribution in [0.2, 0.25) is 0 Å². The standard InChI is InChI=1S/C11H20BNO2.ClH/c1-10(2)7-4-8(10)11(3)9(5-7)14-12(6-13)15-11;/h7-9H,4-6,13H2,1-3H3;1H. The molecular formula is C11H21BClNO2. The smallest absolute Gasteiger partial charge is 0.405 e. The molecule has 0 amide bonds. The number of rotatable bonds is 1. The van der Waals surface area contributed by atoms with Crippen LogP contribution in [0.3, 0.4) is 0 Å². The molecule has 0 radical (unpaired) electrons. The highest BCUT2D eigenvalue weighted by Crippen LogP contribution is 2.65. The molecule has 3 nitrogen and oxygen atoms in total. The summed E-state index contributed by atoms with van der Waals surface area (Å²) in [6, 6.07) is 0. The Morgan fingerprint density at radius 2 is 2.00 bits per heavy atom. The van der Waals surface area contributed by atoms with Crippen LogP contribution in [0, 0.1) is 17.3 Å². The number of hydrogen-bond donors (Lipinski definition) is 1. The molecule has 0 aromatic rings. The number of hydrogen-bond acceptors (Lipinski definition) is 3. The van der Waals surface area contributed by atoms with Gasteiger partial charge in [-0.25, -0.2) is 0 Å². The van der Waals surface area contributed by atoms with Crippen molar-refractivity contribution in [2.75, 3.05) is 6.44 Å². The number of nitrogens with two attached hydrogens (primary N) is 1. The van der Waals surface area contributed by atoms with Crippen molar-refractivity contribution in [3.63, 3.8) is 0 Å². The fourth-order valence-corrected chi connectivity index (χ4v) is 4.05. The van der Waals surface area contributed by atoms with Gasteiger partial charge >= 0.3 is 7.12 Å². The van der Waals surface area contributed by atoms with Crippen molar-refractivity contribution in [2.45, 2.75) is 45.3 Å². The summed E-state index contributed by atoms with van der Waals surface area (Å²) in [6.45, 7) is 6.95. The summed E-state index contributed by atoms with van der Waals surface area (Å²) in [4.78, 5) is 0. The molecule has 0 spiro atoms. The molecule has 0 aromatic carbocycles. The van der Waals surface area contributed by atoms with Gasteiger partial charge in [-0.2, -0.15) is 0 Å². The Morgan fingerprint density at radius 3 is 2.56 bits per heavy atom. The van der Waals surface area contributed by atoms with Crippen molar-refractivity contribution in [3.05, 3.63) is 0 Å². The summed E-state index contributed by atoms with van der Waals surface area (Å²) in [7, 11) is -0.171. The first-order chi connectivity index (χ1) is 6.98. The first-order valence-electron chi connectivity index (χ1n) is 6.02. The highest BCUT2D eigenvalue weighted by Gasteiger charge is 2.67. The third-order valence-corrected chi connectivity index (χ3v) is 5.19. The molecule has 3 saturated carbocycles. The molecule has 92 valence electrons. The van der Waals surface area contributed by atoms with Gasteiger partial charge in [0.25, 0.3) is 0 Å². The van der Waals surface area contributed by atoms with Crippen molar-refractivity contribution >= 4 is 19.5 Å². The first kappa shape index (κ1) is 12.7. The van der Waals surface area contributed by atoms with Gasteiger partial charge in [0, 0.05) is 6.44 Å². The van der Waals surface area contributed by atoms with Gasteiger partial charge in [-0.15, -0.1) is 12.4 Å². The fourth-order valence-electron chi connectivity index (χ4n) is 4.05. The summed E-state index contributed by atoms with van der Waals surface area (Å²) in [5, 5.41) is 0. The van der Waals surface area contributed by atoms with Gasteiger partial charge in [0.1, 0.15) is 0 Å². The molecule has 0 aromatic heterocycles. The average molecular weight is 246 g/mol. The van der Waals surface area contributed by atoms with Crippen LogP contribution in [0.15, 0.2) is 0 Å². The predicted octanol–water partition coefficient (Wildman–Crippen LogP) is 1.63. The van der Waals surface area contributed by atoms with Crippen molar-refractivity contribution < 1.29 is 9.31 Å². The Labute approximate surface area is 104 Å². The fraction of sp³-hybridized carbons (Fsp3) is 1.00. The molecule has 4 unspecified atom stereocenters. The molecule has 16 heavy (non-hydrogen) atoms. The third kappa shape index (κ3) is 1.33. The first-order valence-corrected chi connectivity index (χ1v) is 6.02. The molecule has 1 aliphatic heterocycles. The second kappa shape index (κ2) is 3.61. The van der Waals surface area contributed by atoms with Crippen molar-refractivity contribution in [1.29, 1.82) is 0 Å². The Morgan fingerprint density at radius 1 is 1.31 bits per heavy atom. The van der Waals surface area contributed by atoms with E-state index < -0.39 is 0 Å². The van der Waals surface area contributed by atoms with Crippen molar-refractivity contribution in [1.82, 2.24) is 0 Å². The summed E-state index contributed by atoms with van der Waals surface area (Å²) < 4.78 is 11.9.